The number of alkyl halides is 1. The van der Waals surface area contributed by atoms with Crippen LogP contribution in [0.5, 0.6) is 0 Å². The fourth-order valence-corrected chi connectivity index (χ4v) is 1.72. The number of halogens is 1. The van der Waals surface area contributed by atoms with Gasteiger partial charge < -0.3 is 5.73 Å². The fraction of sp³-hybridized carbons (Fsp3) is 0.250. The summed E-state index contributed by atoms with van der Waals surface area (Å²) in [5.74, 6) is 0. The summed E-state index contributed by atoms with van der Waals surface area (Å²) in [5.41, 5.74) is 9.62. The van der Waals surface area contributed by atoms with Crippen molar-refractivity contribution in [1.29, 1.82) is 0 Å². The molecule has 0 bridgehead atoms. The summed E-state index contributed by atoms with van der Waals surface area (Å²) in [6.07, 6.45) is 1.81. The molecule has 15 heavy (non-hydrogen) atoms. The van der Waals surface area contributed by atoms with E-state index in [4.69, 9.17) is 17.3 Å². The van der Waals surface area contributed by atoms with Crippen molar-refractivity contribution >= 4 is 28.2 Å². The molecule has 1 aromatic carbocycles. The lowest BCUT2D eigenvalue weighted by molar-refractivity contribution is 1.07. The molecular formula is C12H13ClN2. The molecule has 0 saturated carbocycles. The highest BCUT2D eigenvalue weighted by Crippen LogP contribution is 2.26. The monoisotopic (exact) mass is 220 g/mol. The second-order valence-electron chi connectivity index (χ2n) is 3.74. The van der Waals surface area contributed by atoms with Gasteiger partial charge in [-0.1, -0.05) is 6.07 Å². The molecule has 2 aromatic rings. The van der Waals surface area contributed by atoms with Crippen molar-refractivity contribution < 1.29 is 0 Å². The number of benzene rings is 1. The molecule has 0 amide bonds. The van der Waals surface area contributed by atoms with Gasteiger partial charge in [0.05, 0.1) is 10.9 Å². The van der Waals surface area contributed by atoms with E-state index in [2.05, 4.69) is 11.1 Å². The first-order chi connectivity index (χ1) is 7.09. The molecule has 0 spiro atoms. The summed E-state index contributed by atoms with van der Waals surface area (Å²) >= 11 is 6.01. The van der Waals surface area contributed by atoms with Gasteiger partial charge in [-0.2, -0.15) is 0 Å². The molecule has 2 N–H and O–H groups in total. The molecule has 0 fully saturated rings. The number of anilines is 1. The summed E-state index contributed by atoms with van der Waals surface area (Å²) in [5, 5.41) is 1.08. The van der Waals surface area contributed by atoms with Gasteiger partial charge in [0.15, 0.2) is 0 Å². The number of hydrogen-bond acceptors (Lipinski definition) is 2. The molecule has 1 heterocycles. The number of fused-ring (bicyclic) bond motifs is 1. The zero-order chi connectivity index (χ0) is 11.0. The van der Waals surface area contributed by atoms with E-state index in [9.17, 15) is 0 Å². The standard InChI is InChI=1S/C12H13ClN2/c1-7-11(14)4-3-9-5-10(8(2)13)6-15-12(7)9/h3-6,8H,14H2,1-2H3. The van der Waals surface area contributed by atoms with Gasteiger partial charge in [0, 0.05) is 17.3 Å². The Morgan fingerprint density at radius 3 is 2.80 bits per heavy atom. The van der Waals surface area contributed by atoms with E-state index in [1.54, 1.807) is 0 Å². The summed E-state index contributed by atoms with van der Waals surface area (Å²) in [4.78, 5) is 4.40. The zero-order valence-corrected chi connectivity index (χ0v) is 9.55. The molecule has 1 aromatic heterocycles. The highest BCUT2D eigenvalue weighted by atomic mass is 35.5. The van der Waals surface area contributed by atoms with Gasteiger partial charge in [-0.25, -0.2) is 0 Å². The van der Waals surface area contributed by atoms with Crippen LogP contribution >= 0.6 is 11.6 Å². The third-order valence-electron chi connectivity index (χ3n) is 2.63. The minimum atomic E-state index is -0.0141. The van der Waals surface area contributed by atoms with E-state index < -0.39 is 0 Å². The van der Waals surface area contributed by atoms with Crippen molar-refractivity contribution in [3.63, 3.8) is 0 Å². The maximum Gasteiger partial charge on any atom is 0.0751 e. The fourth-order valence-electron chi connectivity index (χ4n) is 1.60. The summed E-state index contributed by atoms with van der Waals surface area (Å²) < 4.78 is 0. The topological polar surface area (TPSA) is 38.9 Å². The Hall–Kier alpha value is -1.28. The zero-order valence-electron chi connectivity index (χ0n) is 8.79. The Morgan fingerprint density at radius 2 is 2.13 bits per heavy atom. The quantitative estimate of drug-likeness (QED) is 0.591. The lowest BCUT2D eigenvalue weighted by Gasteiger charge is -2.07. The van der Waals surface area contributed by atoms with Gasteiger partial charge in [0.1, 0.15) is 0 Å². The number of aromatic nitrogens is 1. The molecule has 1 unspecified atom stereocenters. The van der Waals surface area contributed by atoms with E-state index in [0.717, 1.165) is 27.7 Å². The molecule has 0 aliphatic heterocycles. The molecule has 1 atom stereocenters. The van der Waals surface area contributed by atoms with E-state index in [-0.39, 0.29) is 5.38 Å². The van der Waals surface area contributed by atoms with Crippen LogP contribution in [0.2, 0.25) is 0 Å². The molecule has 3 heteroatoms. The minimum Gasteiger partial charge on any atom is -0.398 e. The Labute approximate surface area is 94.1 Å². The number of hydrogen-bond donors (Lipinski definition) is 1. The first-order valence-electron chi connectivity index (χ1n) is 4.88. The van der Waals surface area contributed by atoms with Gasteiger partial charge >= 0.3 is 0 Å². The number of nitrogens with zero attached hydrogens (tertiary/aromatic N) is 1. The third-order valence-corrected chi connectivity index (χ3v) is 2.88. The van der Waals surface area contributed by atoms with Crippen LogP contribution < -0.4 is 5.73 Å². The van der Waals surface area contributed by atoms with Crippen LogP contribution in [0.4, 0.5) is 5.69 Å². The van der Waals surface area contributed by atoms with Gasteiger partial charge in [-0.05, 0) is 37.1 Å². The lowest BCUT2D eigenvalue weighted by atomic mass is 10.1. The second-order valence-corrected chi connectivity index (χ2v) is 4.39. The predicted octanol–water partition coefficient (Wildman–Crippen LogP) is 3.43. The molecular weight excluding hydrogens is 208 g/mol. The third kappa shape index (κ3) is 1.77. The SMILES string of the molecule is Cc1c(N)ccc2cc(C(C)Cl)cnc12. The minimum absolute atomic E-state index is 0.0141. The van der Waals surface area contributed by atoms with Gasteiger partial charge in [0.25, 0.3) is 0 Å². The molecule has 0 saturated heterocycles. The number of pyridine rings is 1. The molecule has 0 aliphatic carbocycles. The van der Waals surface area contributed by atoms with Crippen molar-refractivity contribution in [3.05, 3.63) is 35.5 Å². The first kappa shape index (κ1) is 10.2. The average molecular weight is 221 g/mol. The Bertz CT molecular complexity index is 506. The number of nitrogens with two attached hydrogens (primary N) is 1. The maximum atomic E-state index is 6.01. The molecule has 78 valence electrons. The summed E-state index contributed by atoms with van der Waals surface area (Å²) in [6.45, 7) is 3.92. The largest absolute Gasteiger partial charge is 0.398 e. The highest BCUT2D eigenvalue weighted by Gasteiger charge is 2.06. The van der Waals surface area contributed by atoms with Crippen molar-refractivity contribution in [3.8, 4) is 0 Å². The van der Waals surface area contributed by atoms with Crippen molar-refractivity contribution in [2.24, 2.45) is 0 Å². The maximum absolute atomic E-state index is 6.01. The highest BCUT2D eigenvalue weighted by molar-refractivity contribution is 6.20. The average Bonchev–Trinajstić information content (AvgIpc) is 2.23. The Kier molecular flexibility index (Phi) is 2.53. The van der Waals surface area contributed by atoms with Crippen LogP contribution in [0.3, 0.4) is 0 Å². The molecule has 0 aliphatic rings. The summed E-state index contributed by atoms with van der Waals surface area (Å²) in [7, 11) is 0. The lowest BCUT2D eigenvalue weighted by Crippen LogP contribution is -1.94. The van der Waals surface area contributed by atoms with Crippen LogP contribution in [-0.4, -0.2) is 4.98 Å². The van der Waals surface area contributed by atoms with E-state index >= 15 is 0 Å². The Balaban J connectivity index is 2.70. The van der Waals surface area contributed by atoms with Gasteiger partial charge in [-0.3, -0.25) is 4.98 Å². The normalized spacial score (nSPS) is 13.0. The van der Waals surface area contributed by atoms with Crippen LogP contribution in [0.1, 0.15) is 23.4 Å². The molecule has 2 rings (SSSR count). The van der Waals surface area contributed by atoms with E-state index in [1.807, 2.05) is 32.2 Å². The van der Waals surface area contributed by atoms with Crippen molar-refractivity contribution in [2.75, 3.05) is 5.73 Å². The van der Waals surface area contributed by atoms with Crippen LogP contribution in [0, 0.1) is 6.92 Å². The smallest absolute Gasteiger partial charge is 0.0751 e. The van der Waals surface area contributed by atoms with Gasteiger partial charge in [0.2, 0.25) is 0 Å². The molecule has 0 radical (unpaired) electrons. The predicted molar refractivity (Wildman–Crippen MR) is 65.2 cm³/mol. The van der Waals surface area contributed by atoms with Crippen molar-refractivity contribution in [2.45, 2.75) is 19.2 Å². The first-order valence-corrected chi connectivity index (χ1v) is 5.32. The van der Waals surface area contributed by atoms with Gasteiger partial charge in [-0.15, -0.1) is 11.6 Å². The van der Waals surface area contributed by atoms with Crippen LogP contribution in [0.15, 0.2) is 24.4 Å². The number of aryl methyl sites for hydroxylation is 1. The number of rotatable bonds is 1. The van der Waals surface area contributed by atoms with Crippen LogP contribution in [-0.2, 0) is 0 Å². The Morgan fingerprint density at radius 1 is 1.40 bits per heavy atom. The number of nitrogen functional groups attached to an aromatic ring is 1. The van der Waals surface area contributed by atoms with E-state index in [1.165, 1.54) is 0 Å². The second kappa shape index (κ2) is 3.70. The van der Waals surface area contributed by atoms with E-state index in [0.29, 0.717) is 0 Å². The van der Waals surface area contributed by atoms with Crippen molar-refractivity contribution in [1.82, 2.24) is 4.98 Å². The summed E-state index contributed by atoms with van der Waals surface area (Å²) in [6, 6.07) is 5.95. The molecule has 2 nitrogen and oxygen atoms in total. The van der Waals surface area contributed by atoms with Crippen LogP contribution in [0.25, 0.3) is 10.9 Å².